The normalized spacial score (nSPS) is 10.6. The summed E-state index contributed by atoms with van der Waals surface area (Å²) < 4.78 is 5.40. The molecule has 0 saturated carbocycles. The zero-order chi connectivity index (χ0) is 22.4. The van der Waals surface area contributed by atoms with Crippen LogP contribution in [0.3, 0.4) is 0 Å². The lowest BCUT2D eigenvalue weighted by Crippen LogP contribution is -2.40. The van der Waals surface area contributed by atoms with Gasteiger partial charge in [0.25, 0.3) is 0 Å². The predicted molar refractivity (Wildman–Crippen MR) is 119 cm³/mol. The molecule has 0 radical (unpaired) electrons. The van der Waals surface area contributed by atoms with Crippen molar-refractivity contribution < 1.29 is 19.1 Å². The summed E-state index contributed by atoms with van der Waals surface area (Å²) in [5.74, 6) is -0.207. The number of para-hydroxylation sites is 2. The van der Waals surface area contributed by atoms with E-state index in [0.29, 0.717) is 13.0 Å². The van der Waals surface area contributed by atoms with E-state index in [2.05, 4.69) is 42.3 Å². The van der Waals surface area contributed by atoms with Gasteiger partial charge < -0.3 is 9.64 Å². The largest absolute Gasteiger partial charge is 0.464 e. The van der Waals surface area contributed by atoms with Crippen molar-refractivity contribution in [2.45, 2.75) is 39.2 Å². The molecule has 158 valence electrons. The van der Waals surface area contributed by atoms with E-state index in [-0.39, 0.29) is 12.1 Å². The van der Waals surface area contributed by atoms with Gasteiger partial charge >= 0.3 is 12.1 Å². The molecule has 5 nitrogen and oxygen atoms in total. The van der Waals surface area contributed by atoms with Gasteiger partial charge in [0.1, 0.15) is 6.04 Å². The van der Waals surface area contributed by atoms with Crippen LogP contribution in [0.25, 0.3) is 0 Å². The number of carbonyl (C=O) groups excluding carboxylic acids is 3. The quantitative estimate of drug-likeness (QED) is 0.408. The molecule has 0 bridgehead atoms. The van der Waals surface area contributed by atoms with Crippen molar-refractivity contribution >= 4 is 23.5 Å². The third-order valence-electron chi connectivity index (χ3n) is 4.49. The molecular formula is C25H29NO4. The van der Waals surface area contributed by atoms with Crippen molar-refractivity contribution in [3.05, 3.63) is 85.0 Å². The molecule has 30 heavy (non-hydrogen) atoms. The molecule has 0 aliphatic rings. The lowest BCUT2D eigenvalue weighted by Gasteiger charge is -2.34. The fourth-order valence-electron chi connectivity index (χ4n) is 3.31. The molecule has 2 aromatic rings. The van der Waals surface area contributed by atoms with Crippen LogP contribution in [0.5, 0.6) is 0 Å². The molecule has 0 fully saturated rings. The summed E-state index contributed by atoms with van der Waals surface area (Å²) in [7, 11) is 0. The smallest absolute Gasteiger partial charge is 0.373 e. The Bertz CT molecular complexity index is 815. The van der Waals surface area contributed by atoms with Crippen molar-refractivity contribution in [2.75, 3.05) is 11.5 Å². The number of benzene rings is 2. The highest BCUT2D eigenvalue weighted by atomic mass is 16.5. The molecule has 0 aromatic heterocycles. The molecule has 0 aliphatic carbocycles. The van der Waals surface area contributed by atoms with Crippen LogP contribution in [0, 0.1) is 0 Å². The Kier molecular flexibility index (Phi) is 11.2. The maximum atomic E-state index is 12.8. The minimum absolute atomic E-state index is 0.207. The number of esters is 1. The lowest BCUT2D eigenvalue weighted by atomic mass is 10.0. The number of ether oxygens (including phenoxy) is 1. The molecule has 0 heterocycles. The van der Waals surface area contributed by atoms with Crippen molar-refractivity contribution in [3.8, 4) is 0 Å². The van der Waals surface area contributed by atoms with Gasteiger partial charge in [-0.2, -0.15) is 9.59 Å². The van der Waals surface area contributed by atoms with Crippen LogP contribution < -0.4 is 4.90 Å². The van der Waals surface area contributed by atoms with E-state index in [1.165, 1.54) is 0 Å². The van der Waals surface area contributed by atoms with Crippen molar-refractivity contribution in [1.82, 2.24) is 0 Å². The molecule has 0 saturated heterocycles. The summed E-state index contributed by atoms with van der Waals surface area (Å²) >= 11 is 0. The second kappa shape index (κ2) is 13.7. The minimum atomic E-state index is -0.401. The van der Waals surface area contributed by atoms with Crippen molar-refractivity contribution in [2.24, 2.45) is 0 Å². The van der Waals surface area contributed by atoms with E-state index in [4.69, 9.17) is 14.3 Å². The summed E-state index contributed by atoms with van der Waals surface area (Å²) in [5.41, 5.74) is 4.27. The Balaban J connectivity index is 0.00000141. The monoisotopic (exact) mass is 407 g/mol. The highest BCUT2D eigenvalue weighted by Gasteiger charge is 2.29. The van der Waals surface area contributed by atoms with Gasteiger partial charge in [-0.05, 0) is 49.4 Å². The van der Waals surface area contributed by atoms with E-state index in [1.54, 1.807) is 0 Å². The van der Waals surface area contributed by atoms with Crippen LogP contribution in [0.4, 0.5) is 11.4 Å². The van der Waals surface area contributed by atoms with Crippen LogP contribution in [0.15, 0.2) is 73.8 Å². The average Bonchev–Trinajstić information content (AvgIpc) is 2.74. The standard InChI is InChI=1S/C24H29NO2.CO2/c1-5-13-19-15-9-11-17-22(19)25(21(7-3)24(26)27-8-4)23-18-12-10-16-20(23)14-6-2;2-1-3/h5-6,9-12,15-18,21H,1-2,7-8,13-14H2,3-4H3;. The summed E-state index contributed by atoms with van der Waals surface area (Å²) in [4.78, 5) is 31.2. The van der Waals surface area contributed by atoms with Gasteiger partial charge in [-0.3, -0.25) is 0 Å². The fraction of sp³-hybridized carbons (Fsp3) is 0.280. The van der Waals surface area contributed by atoms with E-state index in [1.807, 2.05) is 50.3 Å². The van der Waals surface area contributed by atoms with Crippen LogP contribution in [-0.2, 0) is 32.0 Å². The number of anilines is 2. The number of nitrogens with zero attached hydrogens (tertiary/aromatic N) is 1. The Morgan fingerprint density at radius 2 is 1.40 bits per heavy atom. The summed E-state index contributed by atoms with van der Waals surface area (Å²) in [6.45, 7) is 12.0. The maximum Gasteiger partial charge on any atom is 0.373 e. The Hall–Kier alpha value is -3.43. The second-order valence-corrected chi connectivity index (χ2v) is 6.37. The van der Waals surface area contributed by atoms with Crippen LogP contribution in [-0.4, -0.2) is 24.8 Å². The van der Waals surface area contributed by atoms with Crippen molar-refractivity contribution in [3.63, 3.8) is 0 Å². The van der Waals surface area contributed by atoms with E-state index in [9.17, 15) is 4.79 Å². The van der Waals surface area contributed by atoms with E-state index < -0.39 is 6.04 Å². The van der Waals surface area contributed by atoms with Gasteiger partial charge in [0, 0.05) is 11.4 Å². The van der Waals surface area contributed by atoms with Gasteiger partial charge in [0.15, 0.2) is 0 Å². The molecule has 0 aliphatic heterocycles. The first kappa shape index (κ1) is 24.6. The zero-order valence-corrected chi connectivity index (χ0v) is 17.7. The summed E-state index contributed by atoms with van der Waals surface area (Å²) in [6, 6.07) is 15.9. The van der Waals surface area contributed by atoms with Crippen LogP contribution in [0.1, 0.15) is 31.4 Å². The Morgan fingerprint density at radius 3 is 1.77 bits per heavy atom. The number of rotatable bonds is 10. The molecule has 1 unspecified atom stereocenters. The summed E-state index contributed by atoms with van der Waals surface area (Å²) in [5, 5.41) is 0. The zero-order valence-electron chi connectivity index (χ0n) is 17.7. The van der Waals surface area contributed by atoms with E-state index in [0.717, 1.165) is 35.3 Å². The molecule has 0 N–H and O–H groups in total. The third kappa shape index (κ3) is 6.57. The second-order valence-electron chi connectivity index (χ2n) is 6.37. The van der Waals surface area contributed by atoms with Crippen LogP contribution in [0.2, 0.25) is 0 Å². The van der Waals surface area contributed by atoms with Crippen LogP contribution >= 0.6 is 0 Å². The highest BCUT2D eigenvalue weighted by Crippen LogP contribution is 2.35. The molecule has 2 aromatic carbocycles. The summed E-state index contributed by atoms with van der Waals surface area (Å²) in [6.07, 6.45) is 6.13. The van der Waals surface area contributed by atoms with E-state index >= 15 is 0 Å². The van der Waals surface area contributed by atoms with Gasteiger partial charge in [0.2, 0.25) is 0 Å². The minimum Gasteiger partial charge on any atom is -0.464 e. The fourth-order valence-corrected chi connectivity index (χ4v) is 3.31. The molecule has 5 heteroatoms. The maximum absolute atomic E-state index is 12.8. The SMILES string of the molecule is C=CCc1ccccc1N(c1ccccc1CC=C)C(CC)C(=O)OCC.O=C=O. The van der Waals surface area contributed by atoms with Gasteiger partial charge in [0.05, 0.1) is 6.61 Å². The first-order chi connectivity index (χ1) is 14.6. The van der Waals surface area contributed by atoms with Gasteiger partial charge in [-0.15, -0.1) is 13.2 Å². The first-order valence-electron chi connectivity index (χ1n) is 9.92. The molecule has 0 spiro atoms. The molecule has 0 amide bonds. The Labute approximate surface area is 178 Å². The average molecular weight is 408 g/mol. The van der Waals surface area contributed by atoms with Crippen molar-refractivity contribution in [1.29, 1.82) is 0 Å². The number of hydrogen-bond donors (Lipinski definition) is 0. The molecule has 2 rings (SSSR count). The van der Waals surface area contributed by atoms with Gasteiger partial charge in [-0.1, -0.05) is 55.5 Å². The third-order valence-corrected chi connectivity index (χ3v) is 4.49. The number of carbonyl (C=O) groups is 1. The van der Waals surface area contributed by atoms with Gasteiger partial charge in [-0.25, -0.2) is 4.79 Å². The highest BCUT2D eigenvalue weighted by molar-refractivity contribution is 5.85. The molecule has 1 atom stereocenters. The Morgan fingerprint density at radius 1 is 0.967 bits per heavy atom. The number of allylic oxidation sites excluding steroid dienone is 2. The lowest BCUT2D eigenvalue weighted by molar-refractivity contribution is -0.191. The molecular weight excluding hydrogens is 378 g/mol. The number of hydrogen-bond acceptors (Lipinski definition) is 5. The first-order valence-corrected chi connectivity index (χ1v) is 9.92. The topological polar surface area (TPSA) is 63.7 Å². The predicted octanol–water partition coefficient (Wildman–Crippen LogP) is 5.04.